The molecule has 0 unspecified atom stereocenters. The molecule has 0 spiro atoms. The average Bonchev–Trinajstić information content (AvgIpc) is 2.81. The highest BCUT2D eigenvalue weighted by Crippen LogP contribution is 2.22. The van der Waals surface area contributed by atoms with E-state index in [1.807, 2.05) is 6.07 Å². The Bertz CT molecular complexity index is 522. The van der Waals surface area contributed by atoms with Crippen LogP contribution in [0.15, 0.2) is 18.2 Å². The molecule has 2 rings (SSSR count). The summed E-state index contributed by atoms with van der Waals surface area (Å²) < 4.78 is 5.70. The lowest BCUT2D eigenvalue weighted by molar-refractivity contribution is 0.0994. The molecule has 5 nitrogen and oxygen atoms in total. The molecule has 5 heteroatoms. The van der Waals surface area contributed by atoms with Gasteiger partial charge in [-0.25, -0.2) is 0 Å². The van der Waals surface area contributed by atoms with E-state index in [9.17, 15) is 4.79 Å². The number of hydrogen-bond donors (Lipinski definition) is 1. The van der Waals surface area contributed by atoms with Gasteiger partial charge in [-0.15, -0.1) is 0 Å². The molecule has 100 valence electrons. The topological polar surface area (TPSA) is 79.3 Å². The molecule has 0 aliphatic carbocycles. The van der Waals surface area contributed by atoms with E-state index in [1.54, 1.807) is 12.1 Å². The number of nitriles is 1. The summed E-state index contributed by atoms with van der Waals surface area (Å²) in [5.41, 5.74) is 5.98. The third kappa shape index (κ3) is 3.04. The lowest BCUT2D eigenvalue weighted by atomic mass is 10.1. The van der Waals surface area contributed by atoms with Crippen molar-refractivity contribution >= 4 is 5.91 Å². The highest BCUT2D eigenvalue weighted by atomic mass is 16.5. The van der Waals surface area contributed by atoms with Gasteiger partial charge in [-0.05, 0) is 44.6 Å². The number of hydrogen-bond acceptors (Lipinski definition) is 4. The fourth-order valence-electron chi connectivity index (χ4n) is 2.29. The largest absolute Gasteiger partial charge is 0.491 e. The number of likely N-dealkylation sites (tertiary alicyclic amines) is 1. The van der Waals surface area contributed by atoms with E-state index in [4.69, 9.17) is 15.7 Å². The minimum absolute atomic E-state index is 0.264. The van der Waals surface area contributed by atoms with Crippen LogP contribution in [0.1, 0.15) is 28.8 Å². The maximum Gasteiger partial charge on any atom is 0.252 e. The Balaban J connectivity index is 2.11. The summed E-state index contributed by atoms with van der Waals surface area (Å²) >= 11 is 0. The van der Waals surface area contributed by atoms with E-state index in [-0.39, 0.29) is 5.56 Å². The minimum atomic E-state index is -0.577. The van der Waals surface area contributed by atoms with Crippen LogP contribution < -0.4 is 10.5 Å². The van der Waals surface area contributed by atoms with Crippen LogP contribution in [0.25, 0.3) is 0 Å². The first-order valence-corrected chi connectivity index (χ1v) is 6.29. The van der Waals surface area contributed by atoms with Crippen molar-refractivity contribution in [3.05, 3.63) is 29.3 Å². The summed E-state index contributed by atoms with van der Waals surface area (Å²) in [6.45, 7) is 1.60. The number of likely N-dealkylation sites (N-methyl/N-ethyl adjacent to an activating group) is 1. The van der Waals surface area contributed by atoms with Crippen LogP contribution in [0, 0.1) is 11.3 Å². The molecule has 1 aromatic rings. The molecule has 1 aliphatic rings. The molecule has 19 heavy (non-hydrogen) atoms. The van der Waals surface area contributed by atoms with Crippen molar-refractivity contribution < 1.29 is 9.53 Å². The van der Waals surface area contributed by atoms with Gasteiger partial charge in [0.25, 0.3) is 5.91 Å². The molecular weight excluding hydrogens is 242 g/mol. The van der Waals surface area contributed by atoms with Gasteiger partial charge >= 0.3 is 0 Å². The number of carbonyl (C=O) groups is 1. The third-order valence-corrected chi connectivity index (χ3v) is 3.48. The second-order valence-corrected chi connectivity index (χ2v) is 4.77. The second kappa shape index (κ2) is 5.72. The van der Waals surface area contributed by atoms with Gasteiger partial charge in [-0.1, -0.05) is 0 Å². The Morgan fingerprint density at radius 3 is 3.00 bits per heavy atom. The van der Waals surface area contributed by atoms with Crippen molar-refractivity contribution in [1.82, 2.24) is 4.90 Å². The van der Waals surface area contributed by atoms with Gasteiger partial charge in [0, 0.05) is 6.04 Å². The van der Waals surface area contributed by atoms with Gasteiger partial charge in [0.2, 0.25) is 0 Å². The second-order valence-electron chi connectivity index (χ2n) is 4.77. The number of ether oxygens (including phenoxy) is 1. The Labute approximate surface area is 112 Å². The van der Waals surface area contributed by atoms with Gasteiger partial charge in [0.05, 0.1) is 17.2 Å². The Kier molecular flexibility index (Phi) is 4.03. The summed E-state index contributed by atoms with van der Waals surface area (Å²) in [5.74, 6) is -0.126. The molecule has 0 saturated carbocycles. The van der Waals surface area contributed by atoms with E-state index in [0.29, 0.717) is 24.0 Å². The lowest BCUT2D eigenvalue weighted by Gasteiger charge is -2.20. The zero-order chi connectivity index (χ0) is 13.8. The van der Waals surface area contributed by atoms with E-state index < -0.39 is 5.91 Å². The zero-order valence-electron chi connectivity index (χ0n) is 10.9. The summed E-state index contributed by atoms with van der Waals surface area (Å²) in [5, 5.41) is 8.82. The first-order valence-electron chi connectivity index (χ1n) is 6.29. The number of carbonyl (C=O) groups excluding carboxylic acids is 1. The SMILES string of the molecule is CN1CCC[C@H]1COc1ccc(C#N)cc1C(N)=O. The molecule has 0 aromatic heterocycles. The summed E-state index contributed by atoms with van der Waals surface area (Å²) in [4.78, 5) is 13.6. The Hall–Kier alpha value is -2.06. The van der Waals surface area contributed by atoms with Crippen LogP contribution in [0.5, 0.6) is 5.75 Å². The number of nitrogens with two attached hydrogens (primary N) is 1. The quantitative estimate of drug-likeness (QED) is 0.879. The number of benzene rings is 1. The maximum absolute atomic E-state index is 11.4. The maximum atomic E-state index is 11.4. The van der Waals surface area contributed by atoms with E-state index in [2.05, 4.69) is 11.9 Å². The van der Waals surface area contributed by atoms with Crippen LogP contribution >= 0.6 is 0 Å². The van der Waals surface area contributed by atoms with Crippen LogP contribution in [-0.4, -0.2) is 37.0 Å². The van der Waals surface area contributed by atoms with E-state index in [1.165, 1.54) is 12.5 Å². The predicted octanol–water partition coefficient (Wildman–Crippen LogP) is 1.13. The third-order valence-electron chi connectivity index (χ3n) is 3.48. The van der Waals surface area contributed by atoms with Crippen molar-refractivity contribution in [2.24, 2.45) is 5.73 Å². The van der Waals surface area contributed by atoms with Crippen molar-refractivity contribution in [1.29, 1.82) is 5.26 Å². The van der Waals surface area contributed by atoms with Crippen molar-refractivity contribution in [2.45, 2.75) is 18.9 Å². The molecule has 1 aromatic carbocycles. The number of amides is 1. The lowest BCUT2D eigenvalue weighted by Crippen LogP contribution is -2.31. The van der Waals surface area contributed by atoms with Crippen LogP contribution in [0.3, 0.4) is 0 Å². The van der Waals surface area contributed by atoms with Crippen LogP contribution in [0.2, 0.25) is 0 Å². The first kappa shape index (κ1) is 13.4. The molecule has 1 saturated heterocycles. The Morgan fingerprint density at radius 1 is 1.63 bits per heavy atom. The fourth-order valence-corrected chi connectivity index (χ4v) is 2.29. The van der Waals surface area contributed by atoms with Crippen LogP contribution in [0.4, 0.5) is 0 Å². The monoisotopic (exact) mass is 259 g/mol. The molecule has 1 atom stereocenters. The van der Waals surface area contributed by atoms with Gasteiger partial charge < -0.3 is 15.4 Å². The first-order chi connectivity index (χ1) is 9.11. The van der Waals surface area contributed by atoms with E-state index in [0.717, 1.165) is 13.0 Å². The summed E-state index contributed by atoms with van der Waals surface area (Å²) in [6, 6.07) is 7.08. The number of nitrogens with zero attached hydrogens (tertiary/aromatic N) is 2. The van der Waals surface area contributed by atoms with E-state index >= 15 is 0 Å². The Morgan fingerprint density at radius 2 is 2.42 bits per heavy atom. The summed E-state index contributed by atoms with van der Waals surface area (Å²) in [6.07, 6.45) is 2.26. The van der Waals surface area contributed by atoms with Crippen LogP contribution in [-0.2, 0) is 0 Å². The summed E-state index contributed by atoms with van der Waals surface area (Å²) in [7, 11) is 2.06. The molecule has 1 aliphatic heterocycles. The highest BCUT2D eigenvalue weighted by Gasteiger charge is 2.22. The normalized spacial score (nSPS) is 19.1. The van der Waals surface area contributed by atoms with Crippen molar-refractivity contribution in [3.8, 4) is 11.8 Å². The minimum Gasteiger partial charge on any atom is -0.491 e. The molecule has 2 N–H and O–H groups in total. The zero-order valence-corrected chi connectivity index (χ0v) is 10.9. The van der Waals surface area contributed by atoms with Gasteiger partial charge in [0.15, 0.2) is 0 Å². The van der Waals surface area contributed by atoms with Gasteiger partial charge in [0.1, 0.15) is 12.4 Å². The van der Waals surface area contributed by atoms with Gasteiger partial charge in [-0.2, -0.15) is 5.26 Å². The number of rotatable bonds is 4. The molecular formula is C14H17N3O2. The fraction of sp³-hybridized carbons (Fsp3) is 0.429. The molecule has 1 amide bonds. The highest BCUT2D eigenvalue weighted by molar-refractivity contribution is 5.96. The molecule has 0 radical (unpaired) electrons. The average molecular weight is 259 g/mol. The number of primary amides is 1. The smallest absolute Gasteiger partial charge is 0.252 e. The van der Waals surface area contributed by atoms with Gasteiger partial charge in [-0.3, -0.25) is 4.79 Å². The standard InChI is InChI=1S/C14H17N3O2/c1-17-6-2-3-11(17)9-19-13-5-4-10(8-15)7-12(13)14(16)18/h4-5,7,11H,2-3,6,9H2,1H3,(H2,16,18)/t11-/m0/s1. The predicted molar refractivity (Wildman–Crippen MR) is 70.8 cm³/mol. The van der Waals surface area contributed by atoms with Crippen molar-refractivity contribution in [2.75, 3.05) is 20.2 Å². The molecule has 1 heterocycles. The molecule has 0 bridgehead atoms. The molecule has 1 fully saturated rings. The van der Waals surface area contributed by atoms with Crippen molar-refractivity contribution in [3.63, 3.8) is 0 Å².